The first-order valence-corrected chi connectivity index (χ1v) is 9.04. The minimum Gasteiger partial charge on any atom is -0.494 e. The lowest BCUT2D eigenvalue weighted by Gasteiger charge is -2.03. The molecule has 0 fully saturated rings. The molecular formula is C15H13ClN3O4P. The number of fused-ring (bicyclic) bond motifs is 1. The van der Waals surface area contributed by atoms with Crippen molar-refractivity contribution in [1.82, 2.24) is 9.97 Å². The van der Waals surface area contributed by atoms with Crippen LogP contribution in [0.25, 0.3) is 11.0 Å². The number of aromatic nitrogens is 2. The number of aromatic hydroxyl groups is 1. The van der Waals surface area contributed by atoms with Gasteiger partial charge < -0.3 is 19.9 Å². The lowest BCUT2D eigenvalue weighted by Crippen LogP contribution is -1.86. The van der Waals surface area contributed by atoms with Crippen LogP contribution in [0, 0.1) is 0 Å². The molecule has 1 aromatic carbocycles. The lowest BCUT2D eigenvalue weighted by molar-refractivity contribution is 0.371. The molecule has 3 rings (SSSR count). The lowest BCUT2D eigenvalue weighted by atomic mass is 10.2. The van der Waals surface area contributed by atoms with E-state index in [-0.39, 0.29) is 12.0 Å². The van der Waals surface area contributed by atoms with Gasteiger partial charge in [-0.25, -0.2) is 4.98 Å². The molecule has 0 spiro atoms. The molecule has 0 aliphatic heterocycles. The highest BCUT2D eigenvalue weighted by atomic mass is 35.5. The monoisotopic (exact) mass is 365 g/mol. The fraction of sp³-hybridized carbons (Fsp3) is 0.0667. The highest BCUT2D eigenvalue weighted by Crippen LogP contribution is 2.39. The van der Waals surface area contributed by atoms with E-state index in [2.05, 4.69) is 15.0 Å². The second-order valence-electron chi connectivity index (χ2n) is 5.16. The van der Waals surface area contributed by atoms with E-state index in [1.807, 2.05) is 0 Å². The van der Waals surface area contributed by atoms with Crippen molar-refractivity contribution in [3.05, 3.63) is 52.7 Å². The number of hydrogen-bond acceptors (Lipinski definition) is 4. The van der Waals surface area contributed by atoms with E-state index >= 15 is 0 Å². The van der Waals surface area contributed by atoms with Crippen LogP contribution >= 0.6 is 19.2 Å². The first kappa shape index (κ1) is 16.7. The molecule has 2 aromatic heterocycles. The number of nitrogens with zero attached hydrogens (tertiary/aromatic N) is 2. The molecule has 0 bridgehead atoms. The number of rotatable bonds is 4. The van der Waals surface area contributed by atoms with Gasteiger partial charge in [0.05, 0.1) is 17.4 Å². The third kappa shape index (κ3) is 3.83. The smallest absolute Gasteiger partial charge is 0.329 e. The summed E-state index contributed by atoms with van der Waals surface area (Å²) in [6, 6.07) is 9.83. The first-order chi connectivity index (χ1) is 11.3. The van der Waals surface area contributed by atoms with Crippen LogP contribution in [0.1, 0.15) is 11.1 Å². The number of halogens is 1. The van der Waals surface area contributed by atoms with Crippen molar-refractivity contribution < 1.29 is 19.5 Å². The maximum absolute atomic E-state index is 11.0. The summed E-state index contributed by atoms with van der Waals surface area (Å²) in [5.41, 5.74) is 2.04. The number of benzene rings is 1. The molecule has 0 radical (unpaired) electrons. The van der Waals surface area contributed by atoms with Crippen molar-refractivity contribution in [3.63, 3.8) is 0 Å². The highest BCUT2D eigenvalue weighted by molar-refractivity contribution is 7.50. The zero-order valence-corrected chi connectivity index (χ0v) is 13.9. The van der Waals surface area contributed by atoms with Crippen molar-refractivity contribution in [2.45, 2.75) is 6.16 Å². The Bertz CT molecular complexity index is 963. The summed E-state index contributed by atoms with van der Waals surface area (Å²) in [6.45, 7) is 0. The van der Waals surface area contributed by atoms with Gasteiger partial charge >= 0.3 is 7.60 Å². The van der Waals surface area contributed by atoms with E-state index in [4.69, 9.17) is 21.4 Å². The van der Waals surface area contributed by atoms with Crippen LogP contribution in [-0.4, -0.2) is 31.1 Å². The van der Waals surface area contributed by atoms with E-state index in [0.29, 0.717) is 33.0 Å². The van der Waals surface area contributed by atoms with Gasteiger partial charge in [0.25, 0.3) is 0 Å². The summed E-state index contributed by atoms with van der Waals surface area (Å²) < 4.78 is 11.0. The van der Waals surface area contributed by atoms with Gasteiger partial charge in [0.15, 0.2) is 5.88 Å². The Kier molecular flexibility index (Phi) is 4.43. The van der Waals surface area contributed by atoms with Gasteiger partial charge in [0.1, 0.15) is 10.8 Å². The van der Waals surface area contributed by atoms with Gasteiger partial charge in [0.2, 0.25) is 0 Å². The van der Waals surface area contributed by atoms with Crippen LogP contribution in [0.15, 0.2) is 41.4 Å². The molecule has 0 unspecified atom stereocenters. The van der Waals surface area contributed by atoms with E-state index in [1.54, 1.807) is 36.4 Å². The zero-order chi connectivity index (χ0) is 17.3. The van der Waals surface area contributed by atoms with Crippen LogP contribution in [0.2, 0.25) is 5.15 Å². The van der Waals surface area contributed by atoms with Gasteiger partial charge in [-0.1, -0.05) is 23.7 Å². The van der Waals surface area contributed by atoms with Crippen LogP contribution < -0.4 is 0 Å². The zero-order valence-electron chi connectivity index (χ0n) is 12.2. The molecule has 0 aliphatic carbocycles. The number of nitrogens with one attached hydrogen (secondary N) is 1. The second-order valence-corrected chi connectivity index (χ2v) is 7.20. The molecule has 0 amide bonds. The number of aliphatic imine (C=N–C) groups is 1. The summed E-state index contributed by atoms with van der Waals surface area (Å²) in [5.74, 6) is -0.0679. The molecule has 0 saturated carbocycles. The van der Waals surface area contributed by atoms with Gasteiger partial charge in [-0.05, 0) is 29.8 Å². The molecular weight excluding hydrogens is 353 g/mol. The first-order valence-electron chi connectivity index (χ1n) is 6.86. The van der Waals surface area contributed by atoms with E-state index in [0.717, 1.165) is 0 Å². The number of pyridine rings is 1. The van der Waals surface area contributed by atoms with Crippen molar-refractivity contribution in [1.29, 1.82) is 0 Å². The van der Waals surface area contributed by atoms with Gasteiger partial charge in [-0.15, -0.1) is 0 Å². The second kappa shape index (κ2) is 6.37. The van der Waals surface area contributed by atoms with Crippen molar-refractivity contribution in [2.75, 3.05) is 0 Å². The Morgan fingerprint density at radius 1 is 1.21 bits per heavy atom. The number of aromatic amines is 1. The molecule has 9 heteroatoms. The van der Waals surface area contributed by atoms with Crippen molar-refractivity contribution in [3.8, 4) is 5.88 Å². The summed E-state index contributed by atoms with van der Waals surface area (Å²) in [4.78, 5) is 29.0. The van der Waals surface area contributed by atoms with Gasteiger partial charge in [0, 0.05) is 11.6 Å². The predicted molar refractivity (Wildman–Crippen MR) is 92.2 cm³/mol. The summed E-state index contributed by atoms with van der Waals surface area (Å²) in [7, 11) is -4.09. The predicted octanol–water partition coefficient (Wildman–Crippen LogP) is 3.35. The van der Waals surface area contributed by atoms with Crippen molar-refractivity contribution >= 4 is 42.1 Å². The molecule has 0 atom stereocenters. The molecule has 2 heterocycles. The van der Waals surface area contributed by atoms with Crippen LogP contribution in [0.4, 0.5) is 5.69 Å². The topological polar surface area (TPSA) is 119 Å². The highest BCUT2D eigenvalue weighted by Gasteiger charge is 2.13. The third-order valence-corrected chi connectivity index (χ3v) is 4.30. The van der Waals surface area contributed by atoms with Crippen LogP contribution in [-0.2, 0) is 10.7 Å². The van der Waals surface area contributed by atoms with E-state index in [1.165, 1.54) is 6.21 Å². The minimum atomic E-state index is -4.09. The number of hydrogen-bond donors (Lipinski definition) is 4. The molecule has 0 aliphatic rings. The fourth-order valence-electron chi connectivity index (χ4n) is 2.25. The Hall–Kier alpha value is -2.18. The minimum absolute atomic E-state index is 0.0679. The SMILES string of the molecule is O=P(O)(O)Cc1ccc(N=Cc2c(O)[nH]c3nc(Cl)ccc23)cc1. The van der Waals surface area contributed by atoms with Crippen LogP contribution in [0.5, 0.6) is 5.88 Å². The molecule has 0 saturated heterocycles. The van der Waals surface area contributed by atoms with Gasteiger partial charge in [-0.3, -0.25) is 9.56 Å². The summed E-state index contributed by atoms with van der Waals surface area (Å²) >= 11 is 5.81. The molecule has 3 aromatic rings. The normalized spacial score (nSPS) is 12.3. The van der Waals surface area contributed by atoms with E-state index < -0.39 is 7.60 Å². The summed E-state index contributed by atoms with van der Waals surface area (Å²) in [5, 5.41) is 11.0. The largest absolute Gasteiger partial charge is 0.494 e. The van der Waals surface area contributed by atoms with Gasteiger partial charge in [-0.2, -0.15) is 0 Å². The average molecular weight is 366 g/mol. The Labute approximate surface area is 141 Å². The Morgan fingerprint density at radius 2 is 1.92 bits per heavy atom. The van der Waals surface area contributed by atoms with Crippen LogP contribution in [0.3, 0.4) is 0 Å². The fourth-order valence-corrected chi connectivity index (χ4v) is 3.08. The maximum Gasteiger partial charge on any atom is 0.329 e. The maximum atomic E-state index is 11.0. The Balaban J connectivity index is 1.86. The average Bonchev–Trinajstić information content (AvgIpc) is 2.79. The number of H-pyrrole nitrogens is 1. The molecule has 4 N–H and O–H groups in total. The van der Waals surface area contributed by atoms with Crippen molar-refractivity contribution in [2.24, 2.45) is 4.99 Å². The molecule has 7 nitrogen and oxygen atoms in total. The Morgan fingerprint density at radius 3 is 2.58 bits per heavy atom. The molecule has 124 valence electrons. The quantitative estimate of drug-likeness (QED) is 0.321. The van der Waals surface area contributed by atoms with E-state index in [9.17, 15) is 9.67 Å². The summed E-state index contributed by atoms with van der Waals surface area (Å²) in [6.07, 6.45) is 1.17. The molecule has 24 heavy (non-hydrogen) atoms. The third-order valence-electron chi connectivity index (χ3n) is 3.31. The standard InChI is InChI=1S/C15H13ClN3O4P/c16-13-6-5-11-12(15(20)19-14(11)18-13)7-17-10-3-1-9(2-4-10)8-24(21,22)23/h1-7,20H,8H2,(H,18,19)(H2,21,22,23).